The van der Waals surface area contributed by atoms with Gasteiger partial charge in [0.15, 0.2) is 0 Å². The van der Waals surface area contributed by atoms with E-state index in [1.54, 1.807) is 12.1 Å². The Morgan fingerprint density at radius 3 is 2.73 bits per heavy atom. The fourth-order valence-corrected chi connectivity index (χ4v) is 1.17. The number of benzene rings is 1. The second kappa shape index (κ2) is 5.71. The summed E-state index contributed by atoms with van der Waals surface area (Å²) < 4.78 is 18.5. The highest BCUT2D eigenvalue weighted by Crippen LogP contribution is 2.12. The molecule has 1 aromatic carbocycles. The molecule has 0 aliphatic heterocycles. The maximum absolute atomic E-state index is 13.0. The third kappa shape index (κ3) is 4.30. The van der Waals surface area contributed by atoms with Crippen LogP contribution in [0.3, 0.4) is 0 Å². The number of hydrogen-bond donors (Lipinski definition) is 1. The minimum absolute atomic E-state index is 0.181. The monoisotopic (exact) mass is 211 g/mol. The molecule has 2 N–H and O–H groups in total. The van der Waals surface area contributed by atoms with Crippen molar-refractivity contribution < 1.29 is 9.13 Å². The first-order valence-electron chi connectivity index (χ1n) is 5.21. The van der Waals surface area contributed by atoms with Gasteiger partial charge in [-0.15, -0.1) is 0 Å². The number of anilines is 1. The lowest BCUT2D eigenvalue weighted by Gasteiger charge is -2.07. The van der Waals surface area contributed by atoms with E-state index in [4.69, 9.17) is 10.5 Å². The summed E-state index contributed by atoms with van der Waals surface area (Å²) in [7, 11) is 0. The minimum atomic E-state index is -0.375. The molecule has 0 saturated heterocycles. The minimum Gasteiger partial charge on any atom is -0.396 e. The van der Waals surface area contributed by atoms with Crippen molar-refractivity contribution in [2.24, 2.45) is 5.92 Å². The normalized spacial score (nSPS) is 10.9. The van der Waals surface area contributed by atoms with E-state index in [-0.39, 0.29) is 11.5 Å². The third-order valence-corrected chi connectivity index (χ3v) is 2.17. The summed E-state index contributed by atoms with van der Waals surface area (Å²) in [5, 5.41) is 0. The van der Waals surface area contributed by atoms with E-state index in [1.165, 1.54) is 6.07 Å². The molecule has 0 atom stereocenters. The number of nitrogens with two attached hydrogens (primary N) is 1. The first kappa shape index (κ1) is 12.0. The molecule has 0 fully saturated rings. The van der Waals surface area contributed by atoms with E-state index >= 15 is 0 Å². The maximum Gasteiger partial charge on any atom is 0.146 e. The summed E-state index contributed by atoms with van der Waals surface area (Å²) in [6.07, 6.45) is 1.03. The molecule has 0 bridgehead atoms. The van der Waals surface area contributed by atoms with Crippen molar-refractivity contribution >= 4 is 5.69 Å². The van der Waals surface area contributed by atoms with E-state index in [1.807, 2.05) is 0 Å². The Labute approximate surface area is 90.2 Å². The van der Waals surface area contributed by atoms with Gasteiger partial charge >= 0.3 is 0 Å². The van der Waals surface area contributed by atoms with Crippen LogP contribution in [0, 0.1) is 11.7 Å². The summed E-state index contributed by atoms with van der Waals surface area (Å²) in [5.41, 5.74) is 6.37. The van der Waals surface area contributed by atoms with Crippen LogP contribution in [0.2, 0.25) is 0 Å². The SMILES string of the molecule is CC(C)CCOCc1ccc(N)c(F)c1. The smallest absolute Gasteiger partial charge is 0.146 e. The predicted molar refractivity (Wildman–Crippen MR) is 59.9 cm³/mol. The molecule has 0 amide bonds. The average Bonchev–Trinajstić information content (AvgIpc) is 2.18. The van der Waals surface area contributed by atoms with Crippen LogP contribution in [0.5, 0.6) is 0 Å². The van der Waals surface area contributed by atoms with Crippen LogP contribution < -0.4 is 5.73 Å². The van der Waals surface area contributed by atoms with Crippen LogP contribution in [0.25, 0.3) is 0 Å². The zero-order chi connectivity index (χ0) is 11.3. The fourth-order valence-electron chi connectivity index (χ4n) is 1.17. The van der Waals surface area contributed by atoms with Crippen molar-refractivity contribution in [3.63, 3.8) is 0 Å². The zero-order valence-electron chi connectivity index (χ0n) is 9.29. The van der Waals surface area contributed by atoms with E-state index in [0.29, 0.717) is 19.1 Å². The molecule has 0 aromatic heterocycles. The molecule has 84 valence electrons. The Bertz CT molecular complexity index is 312. The molecule has 0 saturated carbocycles. The van der Waals surface area contributed by atoms with Gasteiger partial charge in [-0.3, -0.25) is 0 Å². The molecule has 3 heteroatoms. The first-order chi connectivity index (χ1) is 7.09. The van der Waals surface area contributed by atoms with Gasteiger partial charge in [-0.2, -0.15) is 0 Å². The largest absolute Gasteiger partial charge is 0.396 e. The van der Waals surface area contributed by atoms with Gasteiger partial charge in [-0.1, -0.05) is 19.9 Å². The van der Waals surface area contributed by atoms with Gasteiger partial charge in [0.2, 0.25) is 0 Å². The van der Waals surface area contributed by atoms with Crippen LogP contribution >= 0.6 is 0 Å². The highest BCUT2D eigenvalue weighted by Gasteiger charge is 2.00. The number of hydrogen-bond acceptors (Lipinski definition) is 2. The van der Waals surface area contributed by atoms with Crippen molar-refractivity contribution in [3.8, 4) is 0 Å². The van der Waals surface area contributed by atoms with Crippen LogP contribution in [0.15, 0.2) is 18.2 Å². The summed E-state index contributed by atoms with van der Waals surface area (Å²) in [4.78, 5) is 0. The molecule has 15 heavy (non-hydrogen) atoms. The molecule has 0 aliphatic rings. The van der Waals surface area contributed by atoms with Crippen molar-refractivity contribution in [1.29, 1.82) is 0 Å². The highest BCUT2D eigenvalue weighted by atomic mass is 19.1. The number of nitrogen functional groups attached to an aromatic ring is 1. The Morgan fingerprint density at radius 2 is 2.13 bits per heavy atom. The number of ether oxygens (including phenoxy) is 1. The molecular weight excluding hydrogens is 193 g/mol. The molecule has 0 aliphatic carbocycles. The van der Waals surface area contributed by atoms with E-state index < -0.39 is 0 Å². The van der Waals surface area contributed by atoms with Crippen LogP contribution in [-0.4, -0.2) is 6.61 Å². The Kier molecular flexibility index (Phi) is 4.56. The van der Waals surface area contributed by atoms with Crippen LogP contribution in [0.4, 0.5) is 10.1 Å². The Morgan fingerprint density at radius 1 is 1.40 bits per heavy atom. The molecule has 1 aromatic rings. The maximum atomic E-state index is 13.0. The summed E-state index contributed by atoms with van der Waals surface area (Å²) in [6, 6.07) is 4.77. The van der Waals surface area contributed by atoms with Crippen molar-refractivity contribution in [2.75, 3.05) is 12.3 Å². The fraction of sp³-hybridized carbons (Fsp3) is 0.500. The molecular formula is C12H18FNO. The van der Waals surface area contributed by atoms with Gasteiger partial charge in [-0.05, 0) is 30.0 Å². The molecule has 0 heterocycles. The summed E-state index contributed by atoms with van der Waals surface area (Å²) >= 11 is 0. The van der Waals surface area contributed by atoms with E-state index in [2.05, 4.69) is 13.8 Å². The van der Waals surface area contributed by atoms with Crippen molar-refractivity contribution in [2.45, 2.75) is 26.9 Å². The molecule has 1 rings (SSSR count). The van der Waals surface area contributed by atoms with Crippen molar-refractivity contribution in [1.82, 2.24) is 0 Å². The topological polar surface area (TPSA) is 35.2 Å². The average molecular weight is 211 g/mol. The second-order valence-electron chi connectivity index (χ2n) is 4.09. The van der Waals surface area contributed by atoms with Gasteiger partial charge in [0.25, 0.3) is 0 Å². The lowest BCUT2D eigenvalue weighted by molar-refractivity contribution is 0.110. The second-order valence-corrected chi connectivity index (χ2v) is 4.09. The zero-order valence-corrected chi connectivity index (χ0v) is 9.29. The van der Waals surface area contributed by atoms with Gasteiger partial charge in [0, 0.05) is 6.61 Å². The van der Waals surface area contributed by atoms with Crippen LogP contribution in [-0.2, 0) is 11.3 Å². The molecule has 0 radical (unpaired) electrons. The molecule has 0 unspecified atom stereocenters. The molecule has 2 nitrogen and oxygen atoms in total. The summed E-state index contributed by atoms with van der Waals surface area (Å²) in [6.45, 7) is 5.45. The van der Waals surface area contributed by atoms with E-state index in [9.17, 15) is 4.39 Å². The third-order valence-electron chi connectivity index (χ3n) is 2.17. The summed E-state index contributed by atoms with van der Waals surface area (Å²) in [5.74, 6) is 0.258. The predicted octanol–water partition coefficient (Wildman–Crippen LogP) is 2.97. The highest BCUT2D eigenvalue weighted by molar-refractivity contribution is 5.41. The molecule has 0 spiro atoms. The Balaban J connectivity index is 2.35. The van der Waals surface area contributed by atoms with Crippen LogP contribution in [0.1, 0.15) is 25.8 Å². The quantitative estimate of drug-likeness (QED) is 0.600. The van der Waals surface area contributed by atoms with Gasteiger partial charge in [0.05, 0.1) is 12.3 Å². The lowest BCUT2D eigenvalue weighted by Crippen LogP contribution is -2.00. The first-order valence-corrected chi connectivity index (χ1v) is 5.21. The van der Waals surface area contributed by atoms with Crippen molar-refractivity contribution in [3.05, 3.63) is 29.6 Å². The van der Waals surface area contributed by atoms with Gasteiger partial charge in [-0.25, -0.2) is 4.39 Å². The Hall–Kier alpha value is -1.09. The standard InChI is InChI=1S/C12H18FNO/c1-9(2)5-6-15-8-10-3-4-12(14)11(13)7-10/h3-4,7,9H,5-6,8,14H2,1-2H3. The van der Waals surface area contributed by atoms with Gasteiger partial charge < -0.3 is 10.5 Å². The number of rotatable bonds is 5. The number of halogens is 1. The van der Waals surface area contributed by atoms with Gasteiger partial charge in [0.1, 0.15) is 5.82 Å². The van der Waals surface area contributed by atoms with E-state index in [0.717, 1.165) is 12.0 Å². The lowest BCUT2D eigenvalue weighted by atomic mass is 10.1.